The van der Waals surface area contributed by atoms with Gasteiger partial charge in [0.25, 0.3) is 0 Å². The fraction of sp³-hybridized carbons (Fsp3) is 0.857. The highest BCUT2D eigenvalue weighted by Gasteiger charge is 2.17. The minimum Gasteiger partial charge on any atom is -0.458 e. The molecule has 0 aromatic rings. The van der Waals surface area contributed by atoms with Crippen molar-refractivity contribution in [2.75, 3.05) is 0 Å². The van der Waals surface area contributed by atoms with E-state index in [0.717, 1.165) is 0 Å². The van der Waals surface area contributed by atoms with E-state index in [4.69, 9.17) is 10.2 Å². The number of esters is 1. The van der Waals surface area contributed by atoms with Gasteiger partial charge in [0.2, 0.25) is 0 Å². The van der Waals surface area contributed by atoms with E-state index >= 15 is 0 Å². The van der Waals surface area contributed by atoms with Gasteiger partial charge in [-0.1, -0.05) is 0 Å². The maximum atomic E-state index is 10.7. The predicted molar refractivity (Wildman–Crippen MR) is 38.9 cm³/mol. The highest BCUT2D eigenvalue weighted by atomic mass is 16.6. The molecule has 0 unspecified atom stereocenters. The molecular formula is C7H14O4. The van der Waals surface area contributed by atoms with E-state index in [-0.39, 0.29) is 0 Å². The molecule has 0 fully saturated rings. The fourth-order valence-electron chi connectivity index (χ4n) is 0.380. The van der Waals surface area contributed by atoms with Crippen LogP contribution in [0.2, 0.25) is 0 Å². The number of rotatable bonds is 3. The average Bonchev–Trinajstić information content (AvgIpc) is 1.87. The van der Waals surface area contributed by atoms with Crippen LogP contribution in [0.3, 0.4) is 0 Å². The molecule has 0 radical (unpaired) electrons. The smallest absolute Gasteiger partial charge is 0.335 e. The van der Waals surface area contributed by atoms with E-state index in [1.165, 1.54) is 13.8 Å². The van der Waals surface area contributed by atoms with Crippen molar-refractivity contribution >= 4 is 5.97 Å². The summed E-state index contributed by atoms with van der Waals surface area (Å²) in [6, 6.07) is 0. The molecule has 0 bridgehead atoms. The Morgan fingerprint density at radius 2 is 1.73 bits per heavy atom. The molecule has 0 saturated carbocycles. The van der Waals surface area contributed by atoms with Gasteiger partial charge in [0.05, 0.1) is 6.10 Å². The van der Waals surface area contributed by atoms with Gasteiger partial charge >= 0.3 is 5.97 Å². The van der Waals surface area contributed by atoms with E-state index in [9.17, 15) is 4.79 Å². The van der Waals surface area contributed by atoms with Crippen molar-refractivity contribution < 1.29 is 19.7 Å². The number of aliphatic hydroxyl groups is 2. The van der Waals surface area contributed by atoms with Gasteiger partial charge in [-0.05, 0) is 20.8 Å². The van der Waals surface area contributed by atoms with Gasteiger partial charge in [0.1, 0.15) is 12.2 Å². The van der Waals surface area contributed by atoms with Crippen molar-refractivity contribution in [3.8, 4) is 0 Å². The molecule has 0 rings (SSSR count). The van der Waals surface area contributed by atoms with Crippen molar-refractivity contribution in [1.82, 2.24) is 0 Å². The number of hydrogen-bond donors (Lipinski definition) is 2. The Bertz CT molecular complexity index is 130. The SMILES string of the molecule is C[C@H](O)C(=O)O[C@@H](C)[C@@H](C)O. The zero-order valence-corrected chi connectivity index (χ0v) is 6.94. The van der Waals surface area contributed by atoms with Crippen LogP contribution in [0.5, 0.6) is 0 Å². The monoisotopic (exact) mass is 162 g/mol. The van der Waals surface area contributed by atoms with Crippen molar-refractivity contribution in [3.63, 3.8) is 0 Å². The Morgan fingerprint density at radius 1 is 1.27 bits per heavy atom. The number of hydrogen-bond acceptors (Lipinski definition) is 4. The fourth-order valence-corrected chi connectivity index (χ4v) is 0.380. The minimum atomic E-state index is -1.13. The Morgan fingerprint density at radius 3 is 2.00 bits per heavy atom. The number of carbonyl (C=O) groups is 1. The summed E-state index contributed by atoms with van der Waals surface area (Å²) in [4.78, 5) is 10.7. The molecule has 11 heavy (non-hydrogen) atoms. The Balaban J connectivity index is 3.76. The first-order valence-electron chi connectivity index (χ1n) is 3.51. The molecule has 2 N–H and O–H groups in total. The number of carbonyl (C=O) groups excluding carboxylic acids is 1. The highest BCUT2D eigenvalue weighted by molar-refractivity contribution is 5.73. The molecule has 4 nitrogen and oxygen atoms in total. The lowest BCUT2D eigenvalue weighted by molar-refractivity contribution is -0.162. The number of aliphatic hydroxyl groups excluding tert-OH is 2. The molecular weight excluding hydrogens is 148 g/mol. The summed E-state index contributed by atoms with van der Waals surface area (Å²) in [5.41, 5.74) is 0. The predicted octanol–water partition coefficient (Wildman–Crippen LogP) is -0.320. The molecule has 0 aromatic carbocycles. The lowest BCUT2D eigenvalue weighted by Crippen LogP contribution is -2.30. The second-order valence-corrected chi connectivity index (χ2v) is 2.56. The van der Waals surface area contributed by atoms with Crippen LogP contribution in [0.4, 0.5) is 0 Å². The molecule has 0 aliphatic heterocycles. The summed E-state index contributed by atoms with van der Waals surface area (Å²) in [7, 11) is 0. The molecule has 0 aliphatic rings. The van der Waals surface area contributed by atoms with E-state index in [1.54, 1.807) is 6.92 Å². The molecule has 0 saturated heterocycles. The van der Waals surface area contributed by atoms with Gasteiger partial charge in [-0.3, -0.25) is 0 Å². The molecule has 0 aromatic heterocycles. The van der Waals surface area contributed by atoms with Gasteiger partial charge in [-0.25, -0.2) is 4.79 Å². The highest BCUT2D eigenvalue weighted by Crippen LogP contribution is 1.99. The van der Waals surface area contributed by atoms with Gasteiger partial charge < -0.3 is 14.9 Å². The third-order valence-electron chi connectivity index (χ3n) is 1.32. The maximum Gasteiger partial charge on any atom is 0.335 e. The van der Waals surface area contributed by atoms with Crippen LogP contribution in [-0.4, -0.2) is 34.5 Å². The first-order valence-corrected chi connectivity index (χ1v) is 3.51. The summed E-state index contributed by atoms with van der Waals surface area (Å²) in [5.74, 6) is -0.710. The first kappa shape index (κ1) is 10.4. The Labute approximate surface area is 65.8 Å². The van der Waals surface area contributed by atoms with Gasteiger partial charge in [-0.15, -0.1) is 0 Å². The van der Waals surface area contributed by atoms with Crippen LogP contribution in [0.25, 0.3) is 0 Å². The Kier molecular flexibility index (Phi) is 4.07. The van der Waals surface area contributed by atoms with Crippen molar-refractivity contribution in [2.45, 2.75) is 39.1 Å². The van der Waals surface area contributed by atoms with Crippen LogP contribution in [0.15, 0.2) is 0 Å². The first-order chi connectivity index (χ1) is 4.95. The van der Waals surface area contributed by atoms with Crippen LogP contribution >= 0.6 is 0 Å². The van der Waals surface area contributed by atoms with Gasteiger partial charge in [0.15, 0.2) is 0 Å². The van der Waals surface area contributed by atoms with E-state index in [1.807, 2.05) is 0 Å². The summed E-state index contributed by atoms with van der Waals surface area (Å²) in [6.07, 6.45) is -2.41. The Hall–Kier alpha value is -0.610. The van der Waals surface area contributed by atoms with Crippen LogP contribution < -0.4 is 0 Å². The minimum absolute atomic E-state index is 0.572. The zero-order valence-electron chi connectivity index (χ0n) is 6.94. The van der Waals surface area contributed by atoms with Gasteiger partial charge in [0, 0.05) is 0 Å². The summed E-state index contributed by atoms with van der Waals surface area (Å²) in [6.45, 7) is 4.39. The normalized spacial score (nSPS) is 18.6. The lowest BCUT2D eigenvalue weighted by atomic mass is 10.2. The average molecular weight is 162 g/mol. The van der Waals surface area contributed by atoms with Crippen molar-refractivity contribution in [2.24, 2.45) is 0 Å². The molecule has 0 spiro atoms. The molecule has 66 valence electrons. The second kappa shape index (κ2) is 4.31. The maximum absolute atomic E-state index is 10.7. The van der Waals surface area contributed by atoms with E-state index < -0.39 is 24.3 Å². The molecule has 0 heterocycles. The zero-order chi connectivity index (χ0) is 9.02. The van der Waals surface area contributed by atoms with Crippen molar-refractivity contribution in [1.29, 1.82) is 0 Å². The molecule has 4 heteroatoms. The third kappa shape index (κ3) is 3.95. The van der Waals surface area contributed by atoms with E-state index in [0.29, 0.717) is 0 Å². The largest absolute Gasteiger partial charge is 0.458 e. The summed E-state index contributed by atoms with van der Waals surface area (Å²) >= 11 is 0. The third-order valence-corrected chi connectivity index (χ3v) is 1.32. The van der Waals surface area contributed by atoms with Crippen molar-refractivity contribution in [3.05, 3.63) is 0 Å². The van der Waals surface area contributed by atoms with Crippen LogP contribution in [-0.2, 0) is 9.53 Å². The summed E-state index contributed by atoms with van der Waals surface area (Å²) < 4.78 is 4.63. The molecule has 3 atom stereocenters. The van der Waals surface area contributed by atoms with E-state index in [2.05, 4.69) is 4.74 Å². The van der Waals surface area contributed by atoms with Crippen LogP contribution in [0.1, 0.15) is 20.8 Å². The lowest BCUT2D eigenvalue weighted by Gasteiger charge is -2.16. The van der Waals surface area contributed by atoms with Crippen LogP contribution in [0, 0.1) is 0 Å². The molecule has 0 amide bonds. The topological polar surface area (TPSA) is 66.8 Å². The second-order valence-electron chi connectivity index (χ2n) is 2.56. The standard InChI is InChI=1S/C7H14O4/c1-4(8)6(3)11-7(10)5(2)9/h4-6,8-9H,1-3H3/t4-,5+,6+/m1/s1. The number of ether oxygens (including phenoxy) is 1. The summed E-state index contributed by atoms with van der Waals surface area (Å²) in [5, 5.41) is 17.6. The quantitative estimate of drug-likeness (QED) is 0.558. The van der Waals surface area contributed by atoms with Gasteiger partial charge in [-0.2, -0.15) is 0 Å². The molecule has 0 aliphatic carbocycles.